The molecule has 0 radical (unpaired) electrons. The zero-order valence-corrected chi connectivity index (χ0v) is 29.7. The quantitative estimate of drug-likeness (QED) is 0.0670. The summed E-state index contributed by atoms with van der Waals surface area (Å²) in [6.07, 6.45) is 8.52. The van der Waals surface area contributed by atoms with Gasteiger partial charge in [0.25, 0.3) is 25.8 Å². The predicted molar refractivity (Wildman–Crippen MR) is 199 cm³/mol. The molecule has 1 aromatic heterocycles. The monoisotopic (exact) mass is 727 g/mol. The third kappa shape index (κ3) is 9.21. The van der Waals surface area contributed by atoms with Gasteiger partial charge in [-0.25, -0.2) is 0 Å². The van der Waals surface area contributed by atoms with Crippen LogP contribution >= 0.6 is 0 Å². The van der Waals surface area contributed by atoms with Crippen LogP contribution in [0.2, 0.25) is 0 Å². The molecule has 0 saturated carbocycles. The number of hydrogen-bond acceptors (Lipinski definition) is 7. The summed E-state index contributed by atoms with van der Waals surface area (Å²) in [6.45, 7) is 2.61. The van der Waals surface area contributed by atoms with Gasteiger partial charge in [0.15, 0.2) is 12.3 Å². The maximum Gasteiger partial charge on any atom is 0.374 e. The molecule has 2 N–H and O–H groups in total. The van der Waals surface area contributed by atoms with Crippen molar-refractivity contribution in [1.82, 2.24) is 0 Å². The average Bonchev–Trinajstić information content (AvgIpc) is 3.63. The molecule has 10 nitrogen and oxygen atoms in total. The van der Waals surface area contributed by atoms with Gasteiger partial charge in [0.1, 0.15) is 0 Å². The zero-order chi connectivity index (χ0) is 36.0. The number of allylic oxidation sites excluding steroid dienone is 4. The summed E-state index contributed by atoms with van der Waals surface area (Å²) in [7, 11) is -8.26. The normalized spacial score (nSPS) is 14.5. The molecule has 1 aliphatic heterocycles. The topological polar surface area (TPSA) is 138 Å². The number of rotatable bonds is 14. The summed E-state index contributed by atoms with van der Waals surface area (Å²) < 4.78 is 79.2. The lowest BCUT2D eigenvalue weighted by atomic mass is 10.0. The van der Waals surface area contributed by atoms with Crippen molar-refractivity contribution in [2.24, 2.45) is 0 Å². The van der Waals surface area contributed by atoms with E-state index in [1.54, 1.807) is 0 Å². The molecule has 0 saturated heterocycles. The second kappa shape index (κ2) is 15.5. The van der Waals surface area contributed by atoms with E-state index >= 15 is 0 Å². The molecule has 4 aromatic carbocycles. The summed E-state index contributed by atoms with van der Waals surface area (Å²) in [6, 6.07) is 31.6. The van der Waals surface area contributed by atoms with E-state index in [-0.39, 0.29) is 24.3 Å². The van der Waals surface area contributed by atoms with E-state index in [1.807, 2.05) is 138 Å². The lowest BCUT2D eigenvalue weighted by Crippen LogP contribution is -2.36. The SMILES string of the molecule is CCC(=CC=Cc1oc2ccc(-c3ccccc3)cc2[n+]1CCCS(=O)(=O)O)C=C1Oc2ccc(-c3ccccc3)cc2N1CCCS(=O)(=O)O. The van der Waals surface area contributed by atoms with E-state index in [1.165, 1.54) is 0 Å². The largest absolute Gasteiger partial charge is 0.439 e. The van der Waals surface area contributed by atoms with Crippen LogP contribution in [0.15, 0.2) is 131 Å². The van der Waals surface area contributed by atoms with Crippen molar-refractivity contribution in [2.45, 2.75) is 32.7 Å². The number of hydrogen-bond donors (Lipinski definition) is 2. The highest BCUT2D eigenvalue weighted by atomic mass is 32.2. The van der Waals surface area contributed by atoms with Crippen LogP contribution < -0.4 is 14.2 Å². The number of aromatic nitrogens is 1. The van der Waals surface area contributed by atoms with Gasteiger partial charge in [-0.1, -0.05) is 91.9 Å². The summed E-state index contributed by atoms with van der Waals surface area (Å²) in [4.78, 5) is 1.92. The van der Waals surface area contributed by atoms with Gasteiger partial charge in [-0.3, -0.25) is 9.11 Å². The molecule has 0 atom stereocenters. The number of ether oxygens (including phenoxy) is 1. The summed E-state index contributed by atoms with van der Waals surface area (Å²) >= 11 is 0. The maximum atomic E-state index is 11.5. The Morgan fingerprint density at radius 2 is 1.41 bits per heavy atom. The van der Waals surface area contributed by atoms with Crippen LogP contribution in [-0.2, 0) is 26.8 Å². The molecular formula is C39H39N2O8S2+. The number of oxazole rings is 1. The fourth-order valence-electron chi connectivity index (χ4n) is 6.01. The fraction of sp³-hybridized carbons (Fsp3) is 0.205. The fourth-order valence-corrected chi connectivity index (χ4v) is 6.99. The molecule has 0 spiro atoms. The first-order valence-corrected chi connectivity index (χ1v) is 19.9. The predicted octanol–water partition coefficient (Wildman–Crippen LogP) is 7.70. The van der Waals surface area contributed by atoms with Crippen LogP contribution in [0.4, 0.5) is 5.69 Å². The highest BCUT2D eigenvalue weighted by Crippen LogP contribution is 2.42. The molecule has 264 valence electrons. The lowest BCUT2D eigenvalue weighted by Gasteiger charge is -2.19. The van der Waals surface area contributed by atoms with Crippen molar-refractivity contribution in [3.05, 3.63) is 133 Å². The molecule has 6 rings (SSSR count). The van der Waals surface area contributed by atoms with Crippen LogP contribution in [0.25, 0.3) is 39.4 Å². The Morgan fingerprint density at radius 1 is 0.784 bits per heavy atom. The van der Waals surface area contributed by atoms with Crippen molar-refractivity contribution >= 4 is 43.1 Å². The van der Waals surface area contributed by atoms with Crippen molar-refractivity contribution < 1.29 is 39.7 Å². The number of anilines is 1. The molecular weight excluding hydrogens is 689 g/mol. The molecule has 0 unspecified atom stereocenters. The Balaban J connectivity index is 1.31. The van der Waals surface area contributed by atoms with E-state index in [9.17, 15) is 25.9 Å². The van der Waals surface area contributed by atoms with Gasteiger partial charge in [0.2, 0.25) is 11.5 Å². The van der Waals surface area contributed by atoms with Crippen LogP contribution in [0.3, 0.4) is 0 Å². The van der Waals surface area contributed by atoms with E-state index in [4.69, 9.17) is 9.15 Å². The minimum absolute atomic E-state index is 0.188. The molecule has 0 aliphatic carbocycles. The first kappa shape index (κ1) is 35.8. The lowest BCUT2D eigenvalue weighted by molar-refractivity contribution is -0.677. The van der Waals surface area contributed by atoms with E-state index in [2.05, 4.69) is 0 Å². The van der Waals surface area contributed by atoms with Crippen LogP contribution in [0, 0.1) is 0 Å². The van der Waals surface area contributed by atoms with Crippen LogP contribution in [0.5, 0.6) is 5.75 Å². The summed E-state index contributed by atoms with van der Waals surface area (Å²) in [5.41, 5.74) is 7.18. The Hall–Kier alpha value is -5.01. The minimum atomic E-state index is -4.13. The number of aryl methyl sites for hydroxylation is 1. The van der Waals surface area contributed by atoms with E-state index in [0.717, 1.165) is 39.0 Å². The second-order valence-corrected chi connectivity index (χ2v) is 15.3. The third-order valence-electron chi connectivity index (χ3n) is 8.51. The van der Waals surface area contributed by atoms with Crippen LogP contribution in [-0.4, -0.2) is 44.0 Å². The number of nitrogens with zero attached hydrogens (tertiary/aromatic N) is 2. The molecule has 12 heteroatoms. The van der Waals surface area contributed by atoms with Gasteiger partial charge >= 0.3 is 5.89 Å². The Morgan fingerprint density at radius 3 is 2.06 bits per heavy atom. The van der Waals surface area contributed by atoms with Gasteiger partial charge in [-0.2, -0.15) is 21.4 Å². The van der Waals surface area contributed by atoms with Gasteiger partial charge < -0.3 is 14.1 Å². The maximum absolute atomic E-state index is 11.5. The highest BCUT2D eigenvalue weighted by Gasteiger charge is 2.27. The van der Waals surface area contributed by atoms with Gasteiger partial charge in [0.05, 0.1) is 23.3 Å². The highest BCUT2D eigenvalue weighted by molar-refractivity contribution is 7.86. The standard InChI is InChI=1S/C39H38N2O8S2/c1-2-29(26-39-41(23-11-25-51(45,46)47)35-28-33(19-21-37(35)49-39)31-15-7-4-8-16-31)12-9-17-38-40(22-10-24-50(42,43)44)34-27-32(18-20-36(34)48-38)30-13-5-3-6-14-30/h3-9,12-21,26-28H,2,10-11,22-25H2,1H3,(H-,42,43,44,45,46,47)/p+1. The second-order valence-electron chi connectivity index (χ2n) is 12.2. The van der Waals surface area contributed by atoms with E-state index < -0.39 is 20.2 Å². The first-order valence-electron chi connectivity index (χ1n) is 16.6. The minimum Gasteiger partial charge on any atom is -0.439 e. The number of fused-ring (bicyclic) bond motifs is 2. The smallest absolute Gasteiger partial charge is 0.374 e. The molecule has 51 heavy (non-hydrogen) atoms. The Labute approximate surface area is 298 Å². The average molecular weight is 728 g/mol. The van der Waals surface area contributed by atoms with Gasteiger partial charge in [-0.05, 0) is 58.9 Å². The van der Waals surface area contributed by atoms with Gasteiger partial charge in [-0.15, -0.1) is 0 Å². The molecule has 1 aliphatic rings. The molecule has 0 fully saturated rings. The third-order valence-corrected chi connectivity index (χ3v) is 10.1. The molecule has 0 bridgehead atoms. The van der Waals surface area contributed by atoms with Crippen molar-refractivity contribution in [1.29, 1.82) is 0 Å². The summed E-state index contributed by atoms with van der Waals surface area (Å²) in [5.74, 6) is 0.927. The summed E-state index contributed by atoms with van der Waals surface area (Å²) in [5, 5.41) is 0. The Bertz CT molecular complexity index is 2330. The van der Waals surface area contributed by atoms with Gasteiger partial charge in [0, 0.05) is 25.1 Å². The Kier molecular flexibility index (Phi) is 10.9. The van der Waals surface area contributed by atoms with Crippen LogP contribution in [0.1, 0.15) is 32.1 Å². The molecule has 0 amide bonds. The van der Waals surface area contributed by atoms with Crippen molar-refractivity contribution in [3.63, 3.8) is 0 Å². The van der Waals surface area contributed by atoms with E-state index in [0.29, 0.717) is 42.6 Å². The molecule has 2 heterocycles. The van der Waals surface area contributed by atoms with Crippen molar-refractivity contribution in [3.8, 4) is 28.0 Å². The first-order chi connectivity index (χ1) is 24.5. The van der Waals surface area contributed by atoms with Crippen molar-refractivity contribution in [2.75, 3.05) is 23.0 Å². The zero-order valence-electron chi connectivity index (χ0n) is 28.1. The number of benzene rings is 4. The molecule has 5 aromatic rings.